The number of carbonyl (C=O) groups is 1. The van der Waals surface area contributed by atoms with Gasteiger partial charge < -0.3 is 15.2 Å². The van der Waals surface area contributed by atoms with Crippen molar-refractivity contribution >= 4 is 17.5 Å². The van der Waals surface area contributed by atoms with E-state index in [1.165, 1.54) is 5.56 Å². The van der Waals surface area contributed by atoms with E-state index >= 15 is 0 Å². The molecule has 1 atom stereocenters. The summed E-state index contributed by atoms with van der Waals surface area (Å²) < 4.78 is 5.52. The van der Waals surface area contributed by atoms with Gasteiger partial charge in [0.15, 0.2) is 0 Å². The van der Waals surface area contributed by atoms with E-state index in [4.69, 9.17) is 16.3 Å². The van der Waals surface area contributed by atoms with E-state index in [9.17, 15) is 9.90 Å². The molecule has 0 radical (unpaired) electrons. The van der Waals surface area contributed by atoms with Gasteiger partial charge in [0, 0.05) is 29.7 Å². The fourth-order valence-corrected chi connectivity index (χ4v) is 3.70. The van der Waals surface area contributed by atoms with Crippen molar-refractivity contribution in [2.24, 2.45) is 0 Å². The molecular weight excluding hydrogens is 376 g/mol. The summed E-state index contributed by atoms with van der Waals surface area (Å²) in [6, 6.07) is 15.3. The molecular formula is C22H27ClN2O3. The number of likely N-dealkylation sites (tertiary alicyclic amines) is 1. The van der Waals surface area contributed by atoms with E-state index in [-0.39, 0.29) is 24.3 Å². The first kappa shape index (κ1) is 20.6. The zero-order valence-electron chi connectivity index (χ0n) is 15.9. The molecule has 6 heteroatoms. The fourth-order valence-electron chi connectivity index (χ4n) is 3.51. The standard InChI is InChI=1S/C22H27ClN2O3/c23-19-8-9-21(26)18(13-19)14-25-11-4-7-20(15-25)24-22(27)16-28-12-10-17-5-2-1-3-6-17/h1-3,5-6,8-9,13,20,26H,4,7,10-12,14-16H2,(H,24,27). The molecule has 2 N–H and O–H groups in total. The molecule has 0 saturated carbocycles. The van der Waals surface area contributed by atoms with E-state index in [1.54, 1.807) is 18.2 Å². The number of benzene rings is 2. The predicted octanol–water partition coefficient (Wildman–Crippen LogP) is 3.39. The zero-order valence-corrected chi connectivity index (χ0v) is 16.7. The van der Waals surface area contributed by atoms with Crippen LogP contribution in [0.4, 0.5) is 0 Å². The normalized spacial score (nSPS) is 17.4. The highest BCUT2D eigenvalue weighted by atomic mass is 35.5. The first-order valence-electron chi connectivity index (χ1n) is 9.71. The SMILES string of the molecule is O=C(COCCc1ccccc1)NC1CCCN(Cc2cc(Cl)ccc2O)C1. The number of nitrogens with one attached hydrogen (secondary N) is 1. The maximum atomic E-state index is 12.2. The van der Waals surface area contributed by atoms with Crippen LogP contribution in [0.15, 0.2) is 48.5 Å². The second-order valence-corrected chi connectivity index (χ2v) is 7.64. The summed E-state index contributed by atoms with van der Waals surface area (Å²) in [4.78, 5) is 14.4. The Labute approximate surface area is 171 Å². The number of phenolic OH excluding ortho intramolecular Hbond substituents is 1. The number of piperidine rings is 1. The van der Waals surface area contributed by atoms with E-state index < -0.39 is 0 Å². The van der Waals surface area contributed by atoms with Crippen molar-refractivity contribution < 1.29 is 14.6 Å². The number of rotatable bonds is 8. The molecule has 1 amide bonds. The minimum atomic E-state index is -0.0782. The van der Waals surface area contributed by atoms with Gasteiger partial charge in [0.1, 0.15) is 12.4 Å². The molecule has 1 unspecified atom stereocenters. The number of nitrogens with zero attached hydrogens (tertiary/aromatic N) is 1. The highest BCUT2D eigenvalue weighted by Gasteiger charge is 2.22. The third-order valence-corrected chi connectivity index (χ3v) is 5.15. The third kappa shape index (κ3) is 6.51. The molecule has 0 bridgehead atoms. The van der Waals surface area contributed by atoms with Crippen molar-refractivity contribution in [3.8, 4) is 5.75 Å². The molecule has 0 aliphatic carbocycles. The van der Waals surface area contributed by atoms with Crippen LogP contribution in [0.1, 0.15) is 24.0 Å². The van der Waals surface area contributed by atoms with Crippen LogP contribution in [-0.2, 0) is 22.5 Å². The Kier molecular flexibility index (Phi) is 7.71. The van der Waals surface area contributed by atoms with Crippen LogP contribution in [0.25, 0.3) is 0 Å². The summed E-state index contributed by atoms with van der Waals surface area (Å²) in [6.45, 7) is 2.92. The summed E-state index contributed by atoms with van der Waals surface area (Å²) >= 11 is 6.03. The van der Waals surface area contributed by atoms with Crippen LogP contribution in [0, 0.1) is 0 Å². The Morgan fingerprint density at radius 1 is 1.25 bits per heavy atom. The first-order chi connectivity index (χ1) is 13.6. The lowest BCUT2D eigenvalue weighted by atomic mass is 10.0. The third-order valence-electron chi connectivity index (χ3n) is 4.92. The van der Waals surface area contributed by atoms with Crippen LogP contribution in [-0.4, -0.2) is 48.3 Å². The number of hydrogen-bond donors (Lipinski definition) is 2. The van der Waals surface area contributed by atoms with E-state index in [2.05, 4.69) is 22.3 Å². The molecule has 1 saturated heterocycles. The number of halogens is 1. The van der Waals surface area contributed by atoms with E-state index in [0.29, 0.717) is 18.2 Å². The average molecular weight is 403 g/mol. The van der Waals surface area contributed by atoms with Crippen molar-refractivity contribution in [1.29, 1.82) is 0 Å². The quantitative estimate of drug-likeness (QED) is 0.664. The van der Waals surface area contributed by atoms with Crippen molar-refractivity contribution in [3.05, 3.63) is 64.7 Å². The van der Waals surface area contributed by atoms with Crippen LogP contribution >= 0.6 is 11.6 Å². The smallest absolute Gasteiger partial charge is 0.246 e. The number of amides is 1. The average Bonchev–Trinajstić information content (AvgIpc) is 2.69. The summed E-state index contributed by atoms with van der Waals surface area (Å²) in [7, 11) is 0. The summed E-state index contributed by atoms with van der Waals surface area (Å²) in [5, 5.41) is 13.7. The lowest BCUT2D eigenvalue weighted by molar-refractivity contribution is -0.126. The molecule has 2 aromatic carbocycles. The van der Waals surface area contributed by atoms with Gasteiger partial charge >= 0.3 is 0 Å². The Hall–Kier alpha value is -2.08. The number of aromatic hydroxyl groups is 1. The summed E-state index contributed by atoms with van der Waals surface area (Å²) in [6.07, 6.45) is 2.75. The molecule has 28 heavy (non-hydrogen) atoms. The van der Waals surface area contributed by atoms with Crippen molar-refractivity contribution in [2.45, 2.75) is 31.8 Å². The highest BCUT2D eigenvalue weighted by molar-refractivity contribution is 6.30. The van der Waals surface area contributed by atoms with Gasteiger partial charge in [-0.15, -0.1) is 0 Å². The summed E-state index contributed by atoms with van der Waals surface area (Å²) in [5.41, 5.74) is 2.01. The topological polar surface area (TPSA) is 61.8 Å². The molecule has 3 rings (SSSR count). The fraction of sp³-hybridized carbons (Fsp3) is 0.409. The Morgan fingerprint density at radius 2 is 2.07 bits per heavy atom. The lowest BCUT2D eigenvalue weighted by Gasteiger charge is -2.33. The summed E-state index contributed by atoms with van der Waals surface area (Å²) in [5.74, 6) is 0.174. The number of carbonyl (C=O) groups excluding carboxylic acids is 1. The second-order valence-electron chi connectivity index (χ2n) is 7.20. The van der Waals surface area contributed by atoms with Crippen molar-refractivity contribution in [3.63, 3.8) is 0 Å². The molecule has 2 aromatic rings. The zero-order chi connectivity index (χ0) is 19.8. The molecule has 1 aliphatic rings. The van der Waals surface area contributed by atoms with Gasteiger partial charge in [-0.1, -0.05) is 41.9 Å². The molecule has 150 valence electrons. The van der Waals surface area contributed by atoms with Gasteiger partial charge in [0.25, 0.3) is 0 Å². The van der Waals surface area contributed by atoms with Gasteiger partial charge in [-0.05, 0) is 49.6 Å². The van der Waals surface area contributed by atoms with Crippen LogP contribution in [0.2, 0.25) is 5.02 Å². The monoisotopic (exact) mass is 402 g/mol. The van der Waals surface area contributed by atoms with Crippen LogP contribution < -0.4 is 5.32 Å². The Bertz CT molecular complexity index is 770. The molecule has 5 nitrogen and oxygen atoms in total. The Balaban J connectivity index is 1.39. The number of hydrogen-bond acceptors (Lipinski definition) is 4. The minimum absolute atomic E-state index is 0.0782. The van der Waals surface area contributed by atoms with E-state index in [0.717, 1.165) is 37.9 Å². The Morgan fingerprint density at radius 3 is 2.89 bits per heavy atom. The predicted molar refractivity (Wildman–Crippen MR) is 111 cm³/mol. The maximum Gasteiger partial charge on any atom is 0.246 e. The molecule has 0 spiro atoms. The molecule has 0 aromatic heterocycles. The molecule has 1 fully saturated rings. The highest BCUT2D eigenvalue weighted by Crippen LogP contribution is 2.24. The van der Waals surface area contributed by atoms with Gasteiger partial charge in [0.05, 0.1) is 6.61 Å². The second kappa shape index (κ2) is 10.5. The number of ether oxygens (including phenoxy) is 1. The van der Waals surface area contributed by atoms with Crippen molar-refractivity contribution in [1.82, 2.24) is 10.2 Å². The van der Waals surface area contributed by atoms with Gasteiger partial charge in [-0.25, -0.2) is 0 Å². The van der Waals surface area contributed by atoms with Crippen molar-refractivity contribution in [2.75, 3.05) is 26.3 Å². The first-order valence-corrected chi connectivity index (χ1v) is 10.1. The molecule has 1 heterocycles. The maximum absolute atomic E-state index is 12.2. The van der Waals surface area contributed by atoms with Gasteiger partial charge in [0.2, 0.25) is 5.91 Å². The van der Waals surface area contributed by atoms with Gasteiger partial charge in [-0.3, -0.25) is 9.69 Å². The van der Waals surface area contributed by atoms with Gasteiger partial charge in [-0.2, -0.15) is 0 Å². The van der Waals surface area contributed by atoms with E-state index in [1.807, 2.05) is 18.2 Å². The minimum Gasteiger partial charge on any atom is -0.508 e. The number of phenols is 1. The largest absolute Gasteiger partial charge is 0.508 e. The molecule has 1 aliphatic heterocycles. The van der Waals surface area contributed by atoms with Crippen LogP contribution in [0.3, 0.4) is 0 Å². The lowest BCUT2D eigenvalue weighted by Crippen LogP contribution is -2.48. The van der Waals surface area contributed by atoms with Crippen LogP contribution in [0.5, 0.6) is 5.75 Å².